The zero-order valence-electron chi connectivity index (χ0n) is 17.8. The molecule has 0 spiro atoms. The molecule has 2 N–H and O–H groups in total. The predicted octanol–water partition coefficient (Wildman–Crippen LogP) is 1.65. The van der Waals surface area contributed by atoms with Gasteiger partial charge >= 0.3 is 11.1 Å². The van der Waals surface area contributed by atoms with E-state index in [4.69, 9.17) is 4.74 Å². The second kappa shape index (κ2) is 9.46. The first-order valence-corrected chi connectivity index (χ1v) is 10.6. The van der Waals surface area contributed by atoms with Crippen LogP contribution in [0.5, 0.6) is 0 Å². The Hall–Kier alpha value is -3.30. The van der Waals surface area contributed by atoms with Crippen LogP contribution in [0, 0.1) is 5.82 Å². The minimum atomic E-state index is -0.722. The van der Waals surface area contributed by atoms with Crippen molar-refractivity contribution in [2.75, 3.05) is 32.8 Å². The Balaban J connectivity index is 1.56. The molecule has 3 aromatic rings. The summed E-state index contributed by atoms with van der Waals surface area (Å²) in [4.78, 5) is 41.6. The quantitative estimate of drug-likeness (QED) is 0.569. The molecule has 32 heavy (non-hydrogen) atoms. The summed E-state index contributed by atoms with van der Waals surface area (Å²) in [5, 5.41) is 2.95. The minimum Gasteiger partial charge on any atom is -0.379 e. The lowest BCUT2D eigenvalue weighted by Gasteiger charge is -2.35. The summed E-state index contributed by atoms with van der Waals surface area (Å²) in [5.41, 5.74) is 0.918. The molecule has 0 bridgehead atoms. The molecule has 9 heteroatoms. The molecule has 0 aliphatic carbocycles. The number of fused-ring (bicyclic) bond motifs is 1. The maximum atomic E-state index is 13.4. The number of amides is 1. The first kappa shape index (κ1) is 21.9. The van der Waals surface area contributed by atoms with E-state index in [0.29, 0.717) is 56.0 Å². The molecule has 1 atom stereocenters. The van der Waals surface area contributed by atoms with Crippen molar-refractivity contribution in [2.24, 2.45) is 0 Å². The smallest absolute Gasteiger partial charge is 0.316 e. The summed E-state index contributed by atoms with van der Waals surface area (Å²) in [6.07, 6.45) is 0. The van der Waals surface area contributed by atoms with Crippen LogP contribution in [0.4, 0.5) is 4.39 Å². The Labute approximate surface area is 183 Å². The number of carbonyl (C=O) groups is 1. The average molecular weight is 440 g/mol. The number of aromatic nitrogens is 2. The molecule has 4 rings (SSSR count). The monoisotopic (exact) mass is 440 g/mol. The van der Waals surface area contributed by atoms with Gasteiger partial charge in [-0.2, -0.15) is 0 Å². The SMILES string of the molecule is CCn1c(=O)c(=O)[nH]c2cc(C(=O)NCC(c3ccc(F)cc3)N3CCOCC3)ccc21. The average Bonchev–Trinajstić information content (AvgIpc) is 2.81. The van der Waals surface area contributed by atoms with Gasteiger partial charge in [-0.1, -0.05) is 12.1 Å². The summed E-state index contributed by atoms with van der Waals surface area (Å²) in [6, 6.07) is 11.0. The van der Waals surface area contributed by atoms with Crippen LogP contribution in [0.2, 0.25) is 0 Å². The number of aromatic amines is 1. The number of morpholine rings is 1. The van der Waals surface area contributed by atoms with Gasteiger partial charge in [-0.25, -0.2) is 4.39 Å². The van der Waals surface area contributed by atoms with Crippen LogP contribution in [0.3, 0.4) is 0 Å². The van der Waals surface area contributed by atoms with Crippen molar-refractivity contribution in [3.8, 4) is 0 Å². The Morgan fingerprint density at radius 2 is 1.88 bits per heavy atom. The summed E-state index contributed by atoms with van der Waals surface area (Å²) >= 11 is 0. The molecule has 2 heterocycles. The molecule has 1 amide bonds. The molecule has 0 saturated carbocycles. The molecule has 0 radical (unpaired) electrons. The van der Waals surface area contributed by atoms with Crippen LogP contribution < -0.4 is 16.4 Å². The Bertz CT molecular complexity index is 1230. The highest BCUT2D eigenvalue weighted by molar-refractivity contribution is 5.97. The molecular weight excluding hydrogens is 415 g/mol. The van der Waals surface area contributed by atoms with Crippen LogP contribution >= 0.6 is 0 Å². The van der Waals surface area contributed by atoms with E-state index in [1.54, 1.807) is 37.3 Å². The minimum absolute atomic E-state index is 0.131. The van der Waals surface area contributed by atoms with Gasteiger partial charge in [0.05, 0.1) is 30.3 Å². The van der Waals surface area contributed by atoms with Crippen LogP contribution in [0.15, 0.2) is 52.1 Å². The van der Waals surface area contributed by atoms with Crippen molar-refractivity contribution in [1.82, 2.24) is 19.8 Å². The van der Waals surface area contributed by atoms with Gasteiger partial charge in [0.25, 0.3) is 5.91 Å². The lowest BCUT2D eigenvalue weighted by molar-refractivity contribution is 0.0162. The Morgan fingerprint density at radius 3 is 2.56 bits per heavy atom. The number of rotatable bonds is 6. The number of H-pyrrole nitrogens is 1. The molecule has 1 fully saturated rings. The lowest BCUT2D eigenvalue weighted by atomic mass is 10.0. The van der Waals surface area contributed by atoms with Gasteiger partial charge in [-0.15, -0.1) is 0 Å². The van der Waals surface area contributed by atoms with Crippen molar-refractivity contribution in [1.29, 1.82) is 0 Å². The number of halogens is 1. The van der Waals surface area contributed by atoms with Crippen molar-refractivity contribution < 1.29 is 13.9 Å². The van der Waals surface area contributed by atoms with E-state index in [0.717, 1.165) is 5.56 Å². The zero-order chi connectivity index (χ0) is 22.7. The third kappa shape index (κ3) is 4.49. The van der Waals surface area contributed by atoms with Gasteiger partial charge in [0.2, 0.25) is 0 Å². The summed E-state index contributed by atoms with van der Waals surface area (Å²) < 4.78 is 20.2. The lowest BCUT2D eigenvalue weighted by Crippen LogP contribution is -2.43. The molecule has 2 aromatic carbocycles. The number of nitrogens with one attached hydrogen (secondary N) is 2. The van der Waals surface area contributed by atoms with E-state index < -0.39 is 11.1 Å². The summed E-state index contributed by atoms with van der Waals surface area (Å²) in [6.45, 7) is 5.08. The van der Waals surface area contributed by atoms with E-state index in [-0.39, 0.29) is 17.8 Å². The van der Waals surface area contributed by atoms with Crippen molar-refractivity contribution in [3.63, 3.8) is 0 Å². The summed E-state index contributed by atoms with van der Waals surface area (Å²) in [7, 11) is 0. The fourth-order valence-corrected chi connectivity index (χ4v) is 4.06. The first-order chi connectivity index (χ1) is 15.5. The van der Waals surface area contributed by atoms with E-state index in [1.807, 2.05) is 0 Å². The second-order valence-electron chi connectivity index (χ2n) is 7.66. The number of aryl methyl sites for hydroxylation is 1. The third-order valence-corrected chi connectivity index (χ3v) is 5.75. The first-order valence-electron chi connectivity index (χ1n) is 10.6. The highest BCUT2D eigenvalue weighted by Crippen LogP contribution is 2.22. The molecule has 1 unspecified atom stereocenters. The van der Waals surface area contributed by atoms with Gasteiger partial charge in [0.1, 0.15) is 5.82 Å². The Morgan fingerprint density at radius 1 is 1.16 bits per heavy atom. The summed E-state index contributed by atoms with van der Waals surface area (Å²) in [5.74, 6) is -0.614. The van der Waals surface area contributed by atoms with E-state index in [1.165, 1.54) is 16.7 Å². The molecule has 1 aliphatic rings. The standard InChI is InChI=1S/C23H25FN4O4/c1-2-28-19-8-5-16(13-18(19)26-22(30)23(28)31)21(29)25-14-20(27-9-11-32-12-10-27)15-3-6-17(24)7-4-15/h3-8,13,20H,2,9-12,14H2,1H3,(H,25,29)(H,26,30). The molecular formula is C23H25FN4O4. The largest absolute Gasteiger partial charge is 0.379 e. The van der Waals surface area contributed by atoms with Gasteiger partial charge in [0.15, 0.2) is 0 Å². The number of benzene rings is 2. The zero-order valence-corrected chi connectivity index (χ0v) is 17.8. The fourth-order valence-electron chi connectivity index (χ4n) is 4.06. The number of hydrogen-bond donors (Lipinski definition) is 2. The van der Waals surface area contributed by atoms with E-state index >= 15 is 0 Å². The highest BCUT2D eigenvalue weighted by atomic mass is 19.1. The third-order valence-electron chi connectivity index (χ3n) is 5.75. The van der Waals surface area contributed by atoms with E-state index in [9.17, 15) is 18.8 Å². The molecule has 8 nitrogen and oxygen atoms in total. The number of hydrogen-bond acceptors (Lipinski definition) is 5. The van der Waals surface area contributed by atoms with Gasteiger partial charge in [0, 0.05) is 31.7 Å². The number of ether oxygens (including phenoxy) is 1. The maximum Gasteiger partial charge on any atom is 0.316 e. The van der Waals surface area contributed by atoms with Gasteiger partial charge < -0.3 is 19.6 Å². The maximum absolute atomic E-state index is 13.4. The Kier molecular flexibility index (Phi) is 6.48. The van der Waals surface area contributed by atoms with Crippen LogP contribution in [0.1, 0.15) is 28.9 Å². The predicted molar refractivity (Wildman–Crippen MR) is 118 cm³/mol. The van der Waals surface area contributed by atoms with E-state index in [2.05, 4.69) is 15.2 Å². The fraction of sp³-hybridized carbons (Fsp3) is 0.348. The number of carbonyl (C=O) groups excluding carboxylic acids is 1. The normalized spacial score (nSPS) is 15.6. The van der Waals surface area contributed by atoms with Crippen molar-refractivity contribution in [3.05, 3.63) is 80.1 Å². The molecule has 1 saturated heterocycles. The van der Waals surface area contributed by atoms with Crippen molar-refractivity contribution >= 4 is 16.9 Å². The molecule has 1 aromatic heterocycles. The van der Waals surface area contributed by atoms with Crippen molar-refractivity contribution in [2.45, 2.75) is 19.5 Å². The molecule has 168 valence electrons. The molecule has 1 aliphatic heterocycles. The van der Waals surface area contributed by atoms with Crippen LogP contribution in [-0.4, -0.2) is 53.2 Å². The highest BCUT2D eigenvalue weighted by Gasteiger charge is 2.23. The van der Waals surface area contributed by atoms with Crippen LogP contribution in [0.25, 0.3) is 11.0 Å². The van der Waals surface area contributed by atoms with Crippen LogP contribution in [-0.2, 0) is 11.3 Å². The van der Waals surface area contributed by atoms with Gasteiger partial charge in [-0.3, -0.25) is 19.3 Å². The number of nitrogens with zero attached hydrogens (tertiary/aromatic N) is 2. The second-order valence-corrected chi connectivity index (χ2v) is 7.66. The topological polar surface area (TPSA) is 96.4 Å². The van der Waals surface area contributed by atoms with Gasteiger partial charge in [-0.05, 0) is 42.8 Å².